The van der Waals surface area contributed by atoms with E-state index in [9.17, 15) is 20.1 Å². The van der Waals surface area contributed by atoms with Crippen LogP contribution in [0.25, 0.3) is 11.2 Å². The lowest BCUT2D eigenvalue weighted by molar-refractivity contribution is -0.143. The summed E-state index contributed by atoms with van der Waals surface area (Å²) < 4.78 is 6.89. The van der Waals surface area contributed by atoms with Gasteiger partial charge in [-0.1, -0.05) is 0 Å². The molecule has 1 aliphatic rings. The van der Waals surface area contributed by atoms with Crippen LogP contribution >= 0.6 is 0 Å². The molecule has 130 valence electrons. The summed E-state index contributed by atoms with van der Waals surface area (Å²) in [6.45, 7) is 2.00. The zero-order chi connectivity index (χ0) is 17.4. The highest BCUT2D eigenvalue weighted by Crippen LogP contribution is 2.33. The lowest BCUT2D eigenvalue weighted by Crippen LogP contribution is -2.47. The maximum atomic E-state index is 11.7. The molecule has 11 nitrogen and oxygen atoms in total. The minimum absolute atomic E-state index is 0.158. The Balaban J connectivity index is 1.89. The van der Waals surface area contributed by atoms with E-state index in [-0.39, 0.29) is 5.82 Å². The SMILES string of the molecule is CCNC(=O)C(O)[C@H]1O[C@@H](n2cnc3c(N)ncnc32)C(O)C1O. The van der Waals surface area contributed by atoms with Gasteiger partial charge < -0.3 is 31.1 Å². The monoisotopic (exact) mass is 338 g/mol. The number of nitrogens with two attached hydrogens (primary N) is 1. The summed E-state index contributed by atoms with van der Waals surface area (Å²) in [5, 5.41) is 32.8. The number of hydrogen-bond donors (Lipinski definition) is 5. The molecule has 0 aliphatic carbocycles. The zero-order valence-electron chi connectivity index (χ0n) is 12.8. The van der Waals surface area contributed by atoms with Crippen molar-refractivity contribution in [2.45, 2.75) is 37.6 Å². The maximum absolute atomic E-state index is 11.7. The van der Waals surface area contributed by atoms with Gasteiger partial charge in [-0.2, -0.15) is 0 Å². The van der Waals surface area contributed by atoms with E-state index in [0.29, 0.717) is 17.7 Å². The van der Waals surface area contributed by atoms with Crippen LogP contribution in [0.15, 0.2) is 12.7 Å². The average Bonchev–Trinajstić information content (AvgIpc) is 3.11. The Bertz CT molecular complexity index is 752. The van der Waals surface area contributed by atoms with Gasteiger partial charge >= 0.3 is 0 Å². The van der Waals surface area contributed by atoms with Crippen LogP contribution in [-0.2, 0) is 9.53 Å². The highest BCUT2D eigenvalue weighted by Gasteiger charge is 2.49. The zero-order valence-corrected chi connectivity index (χ0v) is 12.8. The number of aliphatic hydroxyl groups is 3. The van der Waals surface area contributed by atoms with Gasteiger partial charge in [-0.25, -0.2) is 15.0 Å². The quantitative estimate of drug-likeness (QED) is 0.405. The van der Waals surface area contributed by atoms with E-state index in [2.05, 4.69) is 20.3 Å². The molecule has 3 heterocycles. The van der Waals surface area contributed by atoms with Crippen LogP contribution in [0.1, 0.15) is 13.2 Å². The Kier molecular flexibility index (Phi) is 4.32. The Morgan fingerprint density at radius 1 is 1.42 bits per heavy atom. The van der Waals surface area contributed by atoms with Gasteiger partial charge in [0.1, 0.15) is 30.2 Å². The predicted molar refractivity (Wildman–Crippen MR) is 80.3 cm³/mol. The maximum Gasteiger partial charge on any atom is 0.251 e. The molecular weight excluding hydrogens is 320 g/mol. The second kappa shape index (κ2) is 6.28. The Labute approximate surface area is 136 Å². The van der Waals surface area contributed by atoms with Crippen molar-refractivity contribution < 1.29 is 24.9 Å². The normalized spacial score (nSPS) is 28.2. The number of anilines is 1. The second-order valence-corrected chi connectivity index (χ2v) is 5.39. The summed E-state index contributed by atoms with van der Waals surface area (Å²) in [4.78, 5) is 23.6. The highest BCUT2D eigenvalue weighted by atomic mass is 16.6. The van der Waals surface area contributed by atoms with Crippen molar-refractivity contribution in [2.24, 2.45) is 0 Å². The fourth-order valence-corrected chi connectivity index (χ4v) is 2.66. The predicted octanol–water partition coefficient (Wildman–Crippen LogP) is -2.48. The minimum Gasteiger partial charge on any atom is -0.387 e. The smallest absolute Gasteiger partial charge is 0.251 e. The lowest BCUT2D eigenvalue weighted by Gasteiger charge is -2.20. The van der Waals surface area contributed by atoms with Gasteiger partial charge in [-0.05, 0) is 6.92 Å². The summed E-state index contributed by atoms with van der Waals surface area (Å²) in [5.74, 6) is -0.540. The molecule has 6 N–H and O–H groups in total. The van der Waals surface area contributed by atoms with Gasteiger partial charge in [0.2, 0.25) is 0 Å². The number of carbonyl (C=O) groups is 1. The van der Waals surface area contributed by atoms with Gasteiger partial charge in [0.05, 0.1) is 6.33 Å². The number of rotatable bonds is 4. The topological polar surface area (TPSA) is 169 Å². The number of carbonyl (C=O) groups excluding carboxylic acids is 1. The van der Waals surface area contributed by atoms with Gasteiger partial charge in [0.15, 0.2) is 23.8 Å². The van der Waals surface area contributed by atoms with Crippen LogP contribution in [0.4, 0.5) is 5.82 Å². The number of aromatic nitrogens is 4. The van der Waals surface area contributed by atoms with Crippen molar-refractivity contribution in [3.8, 4) is 0 Å². The van der Waals surface area contributed by atoms with Gasteiger partial charge in [0, 0.05) is 6.54 Å². The Hall–Kier alpha value is -2.34. The number of amides is 1. The van der Waals surface area contributed by atoms with Crippen molar-refractivity contribution in [3.63, 3.8) is 0 Å². The third kappa shape index (κ3) is 2.57. The van der Waals surface area contributed by atoms with Gasteiger partial charge in [-0.3, -0.25) is 9.36 Å². The van der Waals surface area contributed by atoms with Crippen molar-refractivity contribution in [2.75, 3.05) is 12.3 Å². The first-order valence-corrected chi connectivity index (χ1v) is 7.36. The summed E-state index contributed by atoms with van der Waals surface area (Å²) in [7, 11) is 0. The van der Waals surface area contributed by atoms with E-state index in [1.54, 1.807) is 6.92 Å². The molecule has 1 aliphatic heterocycles. The number of nitrogen functional groups attached to an aromatic ring is 1. The number of nitrogens with zero attached hydrogens (tertiary/aromatic N) is 4. The summed E-state index contributed by atoms with van der Waals surface area (Å²) >= 11 is 0. The molecule has 1 saturated heterocycles. The molecule has 0 radical (unpaired) electrons. The molecule has 3 rings (SSSR count). The molecule has 1 amide bonds. The van der Waals surface area contributed by atoms with E-state index in [1.807, 2.05) is 0 Å². The van der Waals surface area contributed by atoms with E-state index >= 15 is 0 Å². The highest BCUT2D eigenvalue weighted by molar-refractivity contribution is 5.82. The number of fused-ring (bicyclic) bond motifs is 1. The van der Waals surface area contributed by atoms with Crippen molar-refractivity contribution in [1.29, 1.82) is 0 Å². The average molecular weight is 338 g/mol. The van der Waals surface area contributed by atoms with Crippen LogP contribution in [0.3, 0.4) is 0 Å². The van der Waals surface area contributed by atoms with E-state index in [1.165, 1.54) is 17.2 Å². The molecule has 0 bridgehead atoms. The molecule has 0 saturated carbocycles. The molecule has 1 fully saturated rings. The number of nitrogens with one attached hydrogen (secondary N) is 1. The third-order valence-corrected chi connectivity index (χ3v) is 3.87. The van der Waals surface area contributed by atoms with Gasteiger partial charge in [0.25, 0.3) is 5.91 Å². The number of hydrogen-bond acceptors (Lipinski definition) is 9. The molecular formula is C13H18N6O5. The summed E-state index contributed by atoms with van der Waals surface area (Å²) in [6.07, 6.45) is -4.32. The fraction of sp³-hybridized carbons (Fsp3) is 0.538. The number of likely N-dealkylation sites (N-methyl/N-ethyl adjacent to an activating group) is 1. The van der Waals surface area contributed by atoms with Crippen molar-refractivity contribution in [3.05, 3.63) is 12.7 Å². The van der Waals surface area contributed by atoms with Crippen LogP contribution in [0.5, 0.6) is 0 Å². The first-order valence-electron chi connectivity index (χ1n) is 7.36. The molecule has 0 spiro atoms. The second-order valence-electron chi connectivity index (χ2n) is 5.39. The Morgan fingerprint density at radius 3 is 2.88 bits per heavy atom. The first kappa shape index (κ1) is 16.5. The van der Waals surface area contributed by atoms with Crippen molar-refractivity contribution in [1.82, 2.24) is 24.8 Å². The molecule has 11 heteroatoms. The summed E-state index contributed by atoms with van der Waals surface area (Å²) in [6, 6.07) is 0. The molecule has 5 atom stereocenters. The summed E-state index contributed by atoms with van der Waals surface area (Å²) in [5.41, 5.74) is 6.32. The molecule has 2 aromatic rings. The number of ether oxygens (including phenoxy) is 1. The van der Waals surface area contributed by atoms with Crippen LogP contribution in [-0.4, -0.2) is 71.7 Å². The Morgan fingerprint density at radius 2 is 2.17 bits per heavy atom. The third-order valence-electron chi connectivity index (χ3n) is 3.87. The van der Waals surface area contributed by atoms with E-state index < -0.39 is 36.6 Å². The molecule has 24 heavy (non-hydrogen) atoms. The van der Waals surface area contributed by atoms with Crippen molar-refractivity contribution >= 4 is 22.9 Å². The number of aliphatic hydroxyl groups excluding tert-OH is 3. The van der Waals surface area contributed by atoms with Gasteiger partial charge in [-0.15, -0.1) is 0 Å². The largest absolute Gasteiger partial charge is 0.387 e. The van der Waals surface area contributed by atoms with E-state index in [0.717, 1.165) is 0 Å². The minimum atomic E-state index is -1.63. The molecule has 2 aromatic heterocycles. The molecule has 0 aromatic carbocycles. The first-order chi connectivity index (χ1) is 11.5. The fourth-order valence-electron chi connectivity index (χ4n) is 2.66. The van der Waals surface area contributed by atoms with Crippen LogP contribution in [0.2, 0.25) is 0 Å². The lowest BCUT2D eigenvalue weighted by atomic mass is 10.1. The van der Waals surface area contributed by atoms with Crippen LogP contribution < -0.4 is 11.1 Å². The van der Waals surface area contributed by atoms with Crippen LogP contribution in [0, 0.1) is 0 Å². The standard InChI is InChI=1S/C13H18N6O5/c1-2-15-12(23)8(22)9-6(20)7(21)13(24-9)19-4-18-5-10(14)16-3-17-11(5)19/h3-4,6-9,13,20-22H,2H2,1H3,(H,15,23)(H2,14,16,17)/t6?,7?,8?,9-,13+/m0/s1. The number of imidazole rings is 1. The van der Waals surface area contributed by atoms with E-state index in [4.69, 9.17) is 10.5 Å². The molecule has 3 unspecified atom stereocenters.